The van der Waals surface area contributed by atoms with Crippen LogP contribution in [-0.2, 0) is 24.2 Å². The Hall–Kier alpha value is -1.68. The van der Waals surface area contributed by atoms with Gasteiger partial charge in [-0.2, -0.15) is 0 Å². The largest absolute Gasteiger partial charge is 0.383 e. The summed E-state index contributed by atoms with van der Waals surface area (Å²) in [5.41, 5.74) is 6.95. The number of nitrogens with one attached hydrogen (secondary N) is 2. The molecule has 23 heavy (non-hydrogen) atoms. The van der Waals surface area contributed by atoms with Gasteiger partial charge in [-0.1, -0.05) is 42.5 Å². The van der Waals surface area contributed by atoms with E-state index >= 15 is 0 Å². The normalized spacial score (nSPS) is 15.2. The number of benzene rings is 2. The quantitative estimate of drug-likeness (QED) is 0.860. The van der Waals surface area contributed by atoms with Gasteiger partial charge in [-0.25, -0.2) is 0 Å². The minimum atomic E-state index is 0.369. The van der Waals surface area contributed by atoms with Crippen molar-refractivity contribution in [2.24, 2.45) is 0 Å². The number of ether oxygens (including phenoxy) is 1. The minimum Gasteiger partial charge on any atom is -0.383 e. The number of hydrogen-bond donors (Lipinski definition) is 2. The number of hydrogen-bond acceptors (Lipinski definition) is 3. The van der Waals surface area contributed by atoms with Crippen LogP contribution in [0, 0.1) is 0 Å². The molecule has 0 spiro atoms. The van der Waals surface area contributed by atoms with Crippen LogP contribution in [0.15, 0.2) is 42.5 Å². The molecule has 0 saturated carbocycles. The second-order valence-electron chi connectivity index (χ2n) is 6.30. The Balaban J connectivity index is 1.73. The molecule has 1 aliphatic rings. The van der Waals surface area contributed by atoms with Crippen molar-refractivity contribution < 1.29 is 4.74 Å². The van der Waals surface area contributed by atoms with E-state index < -0.39 is 0 Å². The van der Waals surface area contributed by atoms with E-state index in [0.29, 0.717) is 6.04 Å². The number of methoxy groups -OCH3 is 1. The maximum absolute atomic E-state index is 5.15. The third-order valence-electron chi connectivity index (χ3n) is 4.48. The smallest absolute Gasteiger partial charge is 0.0613 e. The zero-order chi connectivity index (χ0) is 16.1. The Labute approximate surface area is 139 Å². The second-order valence-corrected chi connectivity index (χ2v) is 6.30. The van der Waals surface area contributed by atoms with Crippen molar-refractivity contribution in [3.63, 3.8) is 0 Å². The molecule has 3 heteroatoms. The third kappa shape index (κ3) is 3.99. The highest BCUT2D eigenvalue weighted by molar-refractivity contribution is 5.69. The van der Waals surface area contributed by atoms with Gasteiger partial charge >= 0.3 is 0 Å². The van der Waals surface area contributed by atoms with Crippen molar-refractivity contribution in [2.75, 3.05) is 20.3 Å². The summed E-state index contributed by atoms with van der Waals surface area (Å²) in [6.45, 7) is 5.82. The molecule has 0 unspecified atom stereocenters. The van der Waals surface area contributed by atoms with Crippen LogP contribution in [0.1, 0.15) is 23.6 Å². The van der Waals surface area contributed by atoms with Crippen LogP contribution in [0.3, 0.4) is 0 Å². The van der Waals surface area contributed by atoms with E-state index in [0.717, 1.165) is 32.7 Å². The van der Waals surface area contributed by atoms with Crippen LogP contribution in [0.4, 0.5) is 0 Å². The Morgan fingerprint density at radius 3 is 2.78 bits per heavy atom. The fraction of sp³-hybridized carbons (Fsp3) is 0.400. The summed E-state index contributed by atoms with van der Waals surface area (Å²) in [4.78, 5) is 0. The maximum Gasteiger partial charge on any atom is 0.0613 e. The molecule has 0 radical (unpaired) electrons. The van der Waals surface area contributed by atoms with E-state index in [1.807, 2.05) is 0 Å². The van der Waals surface area contributed by atoms with E-state index in [2.05, 4.69) is 60.0 Å². The van der Waals surface area contributed by atoms with Crippen LogP contribution < -0.4 is 10.6 Å². The molecule has 2 aromatic carbocycles. The van der Waals surface area contributed by atoms with Gasteiger partial charge in [-0.3, -0.25) is 0 Å². The average Bonchev–Trinajstić information content (AvgIpc) is 2.60. The summed E-state index contributed by atoms with van der Waals surface area (Å²) in [7, 11) is 1.74. The molecular formula is C20H26N2O. The van der Waals surface area contributed by atoms with Crippen LogP contribution in [0.5, 0.6) is 0 Å². The molecule has 0 aliphatic carbocycles. The Kier molecular flexibility index (Phi) is 5.44. The van der Waals surface area contributed by atoms with Gasteiger partial charge in [0.15, 0.2) is 0 Å². The van der Waals surface area contributed by atoms with Crippen molar-refractivity contribution in [2.45, 2.75) is 32.5 Å². The van der Waals surface area contributed by atoms with Gasteiger partial charge in [0, 0.05) is 26.2 Å². The number of fused-ring (bicyclic) bond motifs is 1. The van der Waals surface area contributed by atoms with Crippen molar-refractivity contribution >= 4 is 0 Å². The summed E-state index contributed by atoms with van der Waals surface area (Å²) in [5, 5.41) is 6.92. The van der Waals surface area contributed by atoms with E-state index in [1.165, 1.54) is 27.8 Å². The Morgan fingerprint density at radius 1 is 1.17 bits per heavy atom. The van der Waals surface area contributed by atoms with Gasteiger partial charge in [-0.15, -0.1) is 0 Å². The first kappa shape index (κ1) is 16.2. The third-order valence-corrected chi connectivity index (χ3v) is 4.48. The van der Waals surface area contributed by atoms with E-state index in [4.69, 9.17) is 4.74 Å². The SMILES string of the molecule is COC[C@H](C)NCc1ccc(-c2cccc3c2CCNC3)cc1. The summed E-state index contributed by atoms with van der Waals surface area (Å²) in [6, 6.07) is 16.0. The van der Waals surface area contributed by atoms with Crippen molar-refractivity contribution in [3.05, 3.63) is 59.2 Å². The van der Waals surface area contributed by atoms with Crippen molar-refractivity contribution in [3.8, 4) is 11.1 Å². The molecule has 2 aromatic rings. The van der Waals surface area contributed by atoms with Crippen LogP contribution in [0.2, 0.25) is 0 Å². The molecule has 0 bridgehead atoms. The molecule has 3 rings (SSSR count). The molecule has 2 N–H and O–H groups in total. The second kappa shape index (κ2) is 7.73. The fourth-order valence-corrected chi connectivity index (χ4v) is 3.21. The number of rotatable bonds is 6. The summed E-state index contributed by atoms with van der Waals surface area (Å²) < 4.78 is 5.15. The van der Waals surface area contributed by atoms with E-state index in [1.54, 1.807) is 7.11 Å². The maximum atomic E-state index is 5.15. The Bertz CT molecular complexity index is 637. The predicted octanol–water partition coefficient (Wildman–Crippen LogP) is 3.12. The first-order valence-corrected chi connectivity index (χ1v) is 8.41. The van der Waals surface area contributed by atoms with Gasteiger partial charge in [0.05, 0.1) is 6.61 Å². The lowest BCUT2D eigenvalue weighted by atomic mass is 9.91. The van der Waals surface area contributed by atoms with Crippen LogP contribution >= 0.6 is 0 Å². The summed E-state index contributed by atoms with van der Waals surface area (Å²) >= 11 is 0. The first-order chi connectivity index (χ1) is 11.3. The lowest BCUT2D eigenvalue weighted by Gasteiger charge is -2.20. The highest BCUT2D eigenvalue weighted by Gasteiger charge is 2.13. The van der Waals surface area contributed by atoms with Gasteiger partial charge < -0.3 is 15.4 Å². The zero-order valence-electron chi connectivity index (χ0n) is 14.1. The molecule has 1 atom stereocenters. The minimum absolute atomic E-state index is 0.369. The molecule has 0 fully saturated rings. The molecule has 3 nitrogen and oxygen atoms in total. The highest BCUT2D eigenvalue weighted by atomic mass is 16.5. The topological polar surface area (TPSA) is 33.3 Å². The molecule has 1 heterocycles. The van der Waals surface area contributed by atoms with Crippen LogP contribution in [-0.4, -0.2) is 26.3 Å². The van der Waals surface area contributed by atoms with Crippen LogP contribution in [0.25, 0.3) is 11.1 Å². The lowest BCUT2D eigenvalue weighted by Crippen LogP contribution is -2.29. The zero-order valence-corrected chi connectivity index (χ0v) is 14.1. The van der Waals surface area contributed by atoms with Crippen molar-refractivity contribution in [1.82, 2.24) is 10.6 Å². The van der Waals surface area contributed by atoms with Gasteiger partial charge in [0.1, 0.15) is 0 Å². The monoisotopic (exact) mass is 310 g/mol. The van der Waals surface area contributed by atoms with Gasteiger partial charge in [0.25, 0.3) is 0 Å². The summed E-state index contributed by atoms with van der Waals surface area (Å²) in [5.74, 6) is 0. The highest BCUT2D eigenvalue weighted by Crippen LogP contribution is 2.28. The lowest BCUT2D eigenvalue weighted by molar-refractivity contribution is 0.171. The molecule has 122 valence electrons. The molecular weight excluding hydrogens is 284 g/mol. The first-order valence-electron chi connectivity index (χ1n) is 8.41. The summed E-state index contributed by atoms with van der Waals surface area (Å²) in [6.07, 6.45) is 1.11. The van der Waals surface area contributed by atoms with E-state index in [9.17, 15) is 0 Å². The van der Waals surface area contributed by atoms with Crippen molar-refractivity contribution in [1.29, 1.82) is 0 Å². The molecule has 0 aromatic heterocycles. The van der Waals surface area contributed by atoms with E-state index in [-0.39, 0.29) is 0 Å². The average molecular weight is 310 g/mol. The Morgan fingerprint density at radius 2 is 2.00 bits per heavy atom. The van der Waals surface area contributed by atoms with Gasteiger partial charge in [-0.05, 0) is 47.7 Å². The van der Waals surface area contributed by atoms with Gasteiger partial charge in [0.2, 0.25) is 0 Å². The molecule has 0 saturated heterocycles. The predicted molar refractivity (Wildman–Crippen MR) is 95.5 cm³/mol. The fourth-order valence-electron chi connectivity index (χ4n) is 3.21. The molecule has 1 aliphatic heterocycles. The standard InChI is InChI=1S/C20H26N2O/c1-15(14-23-2)22-12-16-6-8-17(9-7-16)19-5-3-4-18-13-21-11-10-20(18)19/h3-9,15,21-22H,10-14H2,1-2H3/t15-/m0/s1. The molecule has 0 amide bonds.